The van der Waals surface area contributed by atoms with Crippen LogP contribution in [0, 0.1) is 6.92 Å². The van der Waals surface area contributed by atoms with E-state index in [1.807, 2.05) is 48.2 Å². The quantitative estimate of drug-likeness (QED) is 0.345. The van der Waals surface area contributed by atoms with Crippen LogP contribution in [0.4, 0.5) is 0 Å². The van der Waals surface area contributed by atoms with Crippen LogP contribution in [0.1, 0.15) is 63.6 Å². The van der Waals surface area contributed by atoms with E-state index < -0.39 is 0 Å². The number of nitrogens with one attached hydrogen (secondary N) is 1. The molecule has 5 rings (SSSR count). The molecule has 2 aromatic heterocycles. The molecule has 2 amide bonds. The Kier molecular flexibility index (Phi) is 7.54. The fourth-order valence-corrected chi connectivity index (χ4v) is 4.85. The fourth-order valence-electron chi connectivity index (χ4n) is 4.85. The van der Waals surface area contributed by atoms with Crippen molar-refractivity contribution in [3.63, 3.8) is 0 Å². The largest absolute Gasteiger partial charge is 0.486 e. The van der Waals surface area contributed by atoms with E-state index in [9.17, 15) is 9.59 Å². The van der Waals surface area contributed by atoms with Gasteiger partial charge in [0.2, 0.25) is 5.91 Å². The molecule has 1 atom stereocenters. The van der Waals surface area contributed by atoms with E-state index in [1.54, 1.807) is 18.3 Å². The Morgan fingerprint density at radius 1 is 1.08 bits per heavy atom. The van der Waals surface area contributed by atoms with Crippen molar-refractivity contribution in [1.82, 2.24) is 15.2 Å². The summed E-state index contributed by atoms with van der Waals surface area (Å²) in [5.41, 5.74) is 5.32. The predicted molar refractivity (Wildman–Crippen MR) is 144 cm³/mol. The highest BCUT2D eigenvalue weighted by Crippen LogP contribution is 2.38. The van der Waals surface area contributed by atoms with Crippen molar-refractivity contribution in [2.45, 2.75) is 45.9 Å². The Morgan fingerprint density at radius 2 is 1.97 bits per heavy atom. The maximum Gasteiger partial charge on any atom is 0.287 e. The van der Waals surface area contributed by atoms with Crippen molar-refractivity contribution >= 4 is 11.8 Å². The number of aryl methyl sites for hydroxylation is 1. The number of carbonyl (C=O) groups excluding carboxylic acids is 2. The van der Waals surface area contributed by atoms with Crippen molar-refractivity contribution in [3.05, 3.63) is 118 Å². The first-order valence-electron chi connectivity index (χ1n) is 12.9. The average Bonchev–Trinajstić information content (AvgIpc) is 3.43. The maximum absolute atomic E-state index is 12.9. The molecule has 3 heterocycles. The molecule has 0 saturated heterocycles. The van der Waals surface area contributed by atoms with E-state index in [1.165, 1.54) is 5.56 Å². The van der Waals surface area contributed by atoms with Gasteiger partial charge >= 0.3 is 0 Å². The number of aromatic nitrogens is 1. The lowest BCUT2D eigenvalue weighted by molar-refractivity contribution is -0.132. The molecule has 7 heteroatoms. The van der Waals surface area contributed by atoms with Gasteiger partial charge in [0.1, 0.15) is 18.1 Å². The summed E-state index contributed by atoms with van der Waals surface area (Å²) >= 11 is 0. The zero-order chi connectivity index (χ0) is 26.5. The number of benzene rings is 2. The molecule has 0 spiro atoms. The summed E-state index contributed by atoms with van der Waals surface area (Å²) in [6.07, 6.45) is 2.95. The van der Waals surface area contributed by atoms with E-state index in [0.29, 0.717) is 31.0 Å². The Bertz CT molecular complexity index is 1430. The number of hydrogen-bond acceptors (Lipinski definition) is 5. The van der Waals surface area contributed by atoms with E-state index >= 15 is 0 Å². The van der Waals surface area contributed by atoms with Gasteiger partial charge in [0.15, 0.2) is 5.76 Å². The number of fused-ring (bicyclic) bond motifs is 1. The second kappa shape index (κ2) is 11.3. The van der Waals surface area contributed by atoms with Crippen molar-refractivity contribution < 1.29 is 18.7 Å². The third-order valence-corrected chi connectivity index (χ3v) is 6.75. The van der Waals surface area contributed by atoms with Crippen LogP contribution < -0.4 is 10.1 Å². The molecule has 7 nitrogen and oxygen atoms in total. The molecular weight excluding hydrogens is 478 g/mol. The minimum absolute atomic E-state index is 0.137. The third-order valence-electron chi connectivity index (χ3n) is 6.75. The number of furan rings is 1. The van der Waals surface area contributed by atoms with Gasteiger partial charge in [-0.1, -0.05) is 48.9 Å². The van der Waals surface area contributed by atoms with Gasteiger partial charge in [-0.05, 0) is 66.4 Å². The Labute approximate surface area is 222 Å². The van der Waals surface area contributed by atoms with Crippen LogP contribution in [0.3, 0.4) is 0 Å². The molecule has 0 unspecified atom stereocenters. The van der Waals surface area contributed by atoms with Crippen LogP contribution >= 0.6 is 0 Å². The summed E-state index contributed by atoms with van der Waals surface area (Å²) in [6, 6.07) is 23.2. The van der Waals surface area contributed by atoms with Gasteiger partial charge in [-0.2, -0.15) is 0 Å². The molecule has 0 aliphatic carbocycles. The molecule has 1 N–H and O–H groups in total. The molecule has 0 saturated carbocycles. The molecule has 38 heavy (non-hydrogen) atoms. The van der Waals surface area contributed by atoms with E-state index in [2.05, 4.69) is 41.5 Å². The summed E-state index contributed by atoms with van der Waals surface area (Å²) in [4.78, 5) is 31.5. The smallest absolute Gasteiger partial charge is 0.287 e. The lowest BCUT2D eigenvalue weighted by Crippen LogP contribution is -2.40. The van der Waals surface area contributed by atoms with Gasteiger partial charge in [0.05, 0.1) is 18.3 Å². The normalized spacial score (nSPS) is 14.6. The number of rotatable bonds is 8. The number of hydrogen-bond donors (Lipinski definition) is 1. The fraction of sp³-hybridized carbons (Fsp3) is 0.258. The maximum atomic E-state index is 12.9. The minimum atomic E-state index is -0.308. The van der Waals surface area contributed by atoms with Gasteiger partial charge in [-0.15, -0.1) is 0 Å². The van der Waals surface area contributed by atoms with Gasteiger partial charge in [0, 0.05) is 19.2 Å². The van der Waals surface area contributed by atoms with Crippen LogP contribution in [0.5, 0.6) is 5.75 Å². The molecule has 1 aliphatic rings. The standard InChI is InChI=1S/C31H31N3O4/c1-3-29(35)34-16-14-22-10-11-25(18-27(22)30(34)23-8-6-7-21(2)17-23)37-20-26-12-13-28(38-26)31(36)33-19-24-9-4-5-15-32-24/h4-13,15,17-18,30H,3,14,16,19-20H2,1-2H3,(H,33,36)/t30-/m0/s1. The Morgan fingerprint density at radius 3 is 2.76 bits per heavy atom. The highest BCUT2D eigenvalue weighted by atomic mass is 16.5. The second-order valence-corrected chi connectivity index (χ2v) is 9.43. The van der Waals surface area contributed by atoms with E-state index in [-0.39, 0.29) is 30.2 Å². The van der Waals surface area contributed by atoms with Crippen LogP contribution in [0.25, 0.3) is 0 Å². The van der Waals surface area contributed by atoms with Crippen LogP contribution in [0.15, 0.2) is 83.4 Å². The summed E-state index contributed by atoms with van der Waals surface area (Å²) in [7, 11) is 0. The number of carbonyl (C=O) groups is 2. The third kappa shape index (κ3) is 5.62. The number of pyridine rings is 1. The van der Waals surface area contributed by atoms with Crippen molar-refractivity contribution in [1.29, 1.82) is 0 Å². The lowest BCUT2D eigenvalue weighted by atomic mass is 9.87. The molecule has 194 valence electrons. The molecular formula is C31H31N3O4. The topological polar surface area (TPSA) is 84.7 Å². The number of ether oxygens (including phenoxy) is 1. The summed E-state index contributed by atoms with van der Waals surface area (Å²) in [5, 5.41) is 2.81. The monoisotopic (exact) mass is 509 g/mol. The van der Waals surface area contributed by atoms with Gasteiger partial charge in [-0.25, -0.2) is 0 Å². The molecule has 0 radical (unpaired) electrons. The van der Waals surface area contributed by atoms with Gasteiger partial charge in [0.25, 0.3) is 5.91 Å². The summed E-state index contributed by atoms with van der Waals surface area (Å²) in [6.45, 7) is 5.16. The Balaban J connectivity index is 1.30. The first-order chi connectivity index (χ1) is 18.5. The van der Waals surface area contributed by atoms with Crippen LogP contribution in [0.2, 0.25) is 0 Å². The minimum Gasteiger partial charge on any atom is -0.486 e. The second-order valence-electron chi connectivity index (χ2n) is 9.43. The summed E-state index contributed by atoms with van der Waals surface area (Å²) < 4.78 is 11.8. The molecule has 1 aliphatic heterocycles. The van der Waals surface area contributed by atoms with Crippen LogP contribution in [-0.2, 0) is 24.4 Å². The average molecular weight is 510 g/mol. The Hall–Kier alpha value is -4.39. The molecule has 2 aromatic carbocycles. The first kappa shape index (κ1) is 25.3. The first-order valence-corrected chi connectivity index (χ1v) is 12.9. The van der Waals surface area contributed by atoms with Crippen molar-refractivity contribution in [2.75, 3.05) is 6.54 Å². The predicted octanol–water partition coefficient (Wildman–Crippen LogP) is 5.38. The van der Waals surface area contributed by atoms with Gasteiger partial charge in [-0.3, -0.25) is 14.6 Å². The molecule has 0 bridgehead atoms. The zero-order valence-corrected chi connectivity index (χ0v) is 21.6. The highest BCUT2D eigenvalue weighted by Gasteiger charge is 2.31. The van der Waals surface area contributed by atoms with Crippen molar-refractivity contribution in [2.24, 2.45) is 0 Å². The van der Waals surface area contributed by atoms with Crippen molar-refractivity contribution in [3.8, 4) is 5.75 Å². The highest BCUT2D eigenvalue weighted by molar-refractivity contribution is 5.91. The molecule has 0 fully saturated rings. The lowest BCUT2D eigenvalue weighted by Gasteiger charge is -2.38. The SMILES string of the molecule is CCC(=O)N1CCc2ccc(OCc3ccc(C(=O)NCc4ccccn4)o3)cc2[C@@H]1c1cccc(C)c1. The zero-order valence-electron chi connectivity index (χ0n) is 21.6. The number of nitrogens with zero attached hydrogens (tertiary/aromatic N) is 2. The summed E-state index contributed by atoms with van der Waals surface area (Å²) in [5.74, 6) is 1.28. The van der Waals surface area contributed by atoms with E-state index in [4.69, 9.17) is 9.15 Å². The number of amides is 2. The van der Waals surface area contributed by atoms with E-state index in [0.717, 1.165) is 28.8 Å². The van der Waals surface area contributed by atoms with Gasteiger partial charge < -0.3 is 19.4 Å². The van der Waals surface area contributed by atoms with Crippen LogP contribution in [-0.4, -0.2) is 28.2 Å². The molecule has 4 aromatic rings.